The lowest BCUT2D eigenvalue weighted by molar-refractivity contribution is 0.683. The van der Waals surface area contributed by atoms with Crippen molar-refractivity contribution in [3.05, 3.63) is 42.2 Å². The Morgan fingerprint density at radius 1 is 1.20 bits per heavy atom. The zero-order valence-electron chi connectivity index (χ0n) is 8.82. The number of hydrogen-bond acceptors (Lipinski definition) is 1. The van der Waals surface area contributed by atoms with Crippen LogP contribution in [0.2, 0.25) is 0 Å². The number of hydrogen-bond donors (Lipinski definition) is 1. The summed E-state index contributed by atoms with van der Waals surface area (Å²) in [6.45, 7) is 1.11. The van der Waals surface area contributed by atoms with E-state index in [0.29, 0.717) is 0 Å². The largest absolute Gasteiger partial charge is 0.324 e. The van der Waals surface area contributed by atoms with Crippen molar-refractivity contribution in [1.82, 2.24) is 9.72 Å². The summed E-state index contributed by atoms with van der Waals surface area (Å²) in [5.74, 6) is 0. The van der Waals surface area contributed by atoms with E-state index < -0.39 is 0 Å². The minimum Gasteiger partial charge on any atom is -0.324 e. The van der Waals surface area contributed by atoms with E-state index >= 15 is 0 Å². The van der Waals surface area contributed by atoms with Crippen LogP contribution in [0.4, 0.5) is 0 Å². The number of aromatic nitrogens is 1. The van der Waals surface area contributed by atoms with Gasteiger partial charge in [0.1, 0.15) is 0 Å². The van der Waals surface area contributed by atoms with E-state index in [9.17, 15) is 0 Å². The average Bonchev–Trinajstić information content (AvgIpc) is 3.00. The van der Waals surface area contributed by atoms with E-state index in [4.69, 9.17) is 0 Å². The first-order valence-corrected chi connectivity index (χ1v) is 5.71. The standard InChI is InChI=1S/C13H16N2/c1-2-9-15-10-7-11(13(15)3-1)6-8-14-12-4-5-12/h1-3,7,9-10,12,14H,4-6,8H2. The van der Waals surface area contributed by atoms with Gasteiger partial charge in [0, 0.05) is 24.0 Å². The molecule has 78 valence electrons. The maximum absolute atomic E-state index is 3.55. The second kappa shape index (κ2) is 3.70. The maximum Gasteiger partial charge on any atom is 0.0482 e. The molecule has 3 rings (SSSR count). The minimum atomic E-state index is 0.818. The monoisotopic (exact) mass is 200 g/mol. The van der Waals surface area contributed by atoms with Gasteiger partial charge in [-0.3, -0.25) is 0 Å². The lowest BCUT2D eigenvalue weighted by Gasteiger charge is -2.02. The van der Waals surface area contributed by atoms with Crippen molar-refractivity contribution in [2.75, 3.05) is 6.54 Å². The van der Waals surface area contributed by atoms with Crippen molar-refractivity contribution in [3.63, 3.8) is 0 Å². The van der Waals surface area contributed by atoms with Crippen molar-refractivity contribution >= 4 is 5.52 Å². The van der Waals surface area contributed by atoms with Crippen molar-refractivity contribution in [3.8, 4) is 0 Å². The molecule has 0 radical (unpaired) electrons. The quantitative estimate of drug-likeness (QED) is 0.800. The van der Waals surface area contributed by atoms with E-state index in [2.05, 4.69) is 46.4 Å². The molecule has 2 aromatic rings. The molecular formula is C13H16N2. The molecule has 15 heavy (non-hydrogen) atoms. The summed E-state index contributed by atoms with van der Waals surface area (Å²) in [5.41, 5.74) is 2.79. The Kier molecular flexibility index (Phi) is 2.22. The molecule has 0 aromatic carbocycles. The molecule has 1 saturated carbocycles. The van der Waals surface area contributed by atoms with Gasteiger partial charge in [-0.2, -0.15) is 0 Å². The van der Waals surface area contributed by atoms with Gasteiger partial charge in [0.15, 0.2) is 0 Å². The smallest absolute Gasteiger partial charge is 0.0482 e. The molecular weight excluding hydrogens is 184 g/mol. The molecule has 0 aliphatic heterocycles. The summed E-state index contributed by atoms with van der Waals surface area (Å²) in [5, 5.41) is 3.55. The van der Waals surface area contributed by atoms with Crippen molar-refractivity contribution in [2.24, 2.45) is 0 Å². The van der Waals surface area contributed by atoms with Crippen LogP contribution in [0.25, 0.3) is 5.52 Å². The van der Waals surface area contributed by atoms with Gasteiger partial charge in [-0.1, -0.05) is 6.07 Å². The molecule has 0 unspecified atom stereocenters. The van der Waals surface area contributed by atoms with Crippen LogP contribution in [0.3, 0.4) is 0 Å². The average molecular weight is 200 g/mol. The fourth-order valence-corrected chi connectivity index (χ4v) is 2.02. The van der Waals surface area contributed by atoms with Crippen LogP contribution in [-0.4, -0.2) is 17.0 Å². The maximum atomic E-state index is 3.55. The zero-order chi connectivity index (χ0) is 10.1. The molecule has 0 atom stereocenters. The third-order valence-electron chi connectivity index (χ3n) is 3.06. The van der Waals surface area contributed by atoms with Gasteiger partial charge in [0.25, 0.3) is 0 Å². The molecule has 2 heterocycles. The summed E-state index contributed by atoms with van der Waals surface area (Å²) in [7, 11) is 0. The molecule has 2 aromatic heterocycles. The molecule has 2 heteroatoms. The molecule has 1 aliphatic carbocycles. The van der Waals surface area contributed by atoms with E-state index in [1.807, 2.05) is 0 Å². The molecule has 0 amide bonds. The topological polar surface area (TPSA) is 16.4 Å². The highest BCUT2D eigenvalue weighted by Crippen LogP contribution is 2.19. The van der Waals surface area contributed by atoms with Crippen LogP contribution in [-0.2, 0) is 6.42 Å². The van der Waals surface area contributed by atoms with Crippen molar-refractivity contribution in [1.29, 1.82) is 0 Å². The molecule has 0 saturated heterocycles. The predicted octanol–water partition coefficient (Wildman–Crippen LogP) is 2.23. The first-order valence-electron chi connectivity index (χ1n) is 5.71. The normalized spacial score (nSPS) is 16.0. The summed E-state index contributed by atoms with van der Waals surface area (Å²) in [6.07, 6.45) is 8.12. The van der Waals surface area contributed by atoms with Gasteiger partial charge in [0.2, 0.25) is 0 Å². The number of fused-ring (bicyclic) bond motifs is 1. The number of nitrogens with zero attached hydrogens (tertiary/aromatic N) is 1. The molecule has 0 bridgehead atoms. The highest BCUT2D eigenvalue weighted by atomic mass is 14.9. The SMILES string of the molecule is c1ccn2ccc(CCNC3CC3)c2c1. The Balaban J connectivity index is 1.72. The van der Waals surface area contributed by atoms with Gasteiger partial charge < -0.3 is 9.72 Å². The Hall–Kier alpha value is -1.28. The van der Waals surface area contributed by atoms with Gasteiger partial charge >= 0.3 is 0 Å². The van der Waals surface area contributed by atoms with Crippen molar-refractivity contribution in [2.45, 2.75) is 25.3 Å². The first kappa shape index (κ1) is 8.98. The second-order valence-electron chi connectivity index (χ2n) is 4.31. The van der Waals surface area contributed by atoms with E-state index in [1.54, 1.807) is 0 Å². The van der Waals surface area contributed by atoms with Crippen LogP contribution < -0.4 is 5.32 Å². The van der Waals surface area contributed by atoms with Crippen LogP contribution in [0.15, 0.2) is 36.7 Å². The fourth-order valence-electron chi connectivity index (χ4n) is 2.02. The Morgan fingerprint density at radius 2 is 2.13 bits per heavy atom. The zero-order valence-corrected chi connectivity index (χ0v) is 8.82. The first-order chi connectivity index (χ1) is 7.43. The Labute approximate surface area is 89.9 Å². The minimum absolute atomic E-state index is 0.818. The third kappa shape index (κ3) is 1.90. The third-order valence-corrected chi connectivity index (χ3v) is 3.06. The fraction of sp³-hybridized carbons (Fsp3) is 0.385. The highest BCUT2D eigenvalue weighted by Gasteiger charge is 2.19. The van der Waals surface area contributed by atoms with Gasteiger partial charge in [0.05, 0.1) is 0 Å². The van der Waals surface area contributed by atoms with Crippen LogP contribution in [0.1, 0.15) is 18.4 Å². The van der Waals surface area contributed by atoms with Crippen LogP contribution >= 0.6 is 0 Å². The summed E-state index contributed by atoms with van der Waals surface area (Å²) >= 11 is 0. The van der Waals surface area contributed by atoms with Gasteiger partial charge in [-0.25, -0.2) is 0 Å². The summed E-state index contributed by atoms with van der Waals surface area (Å²) in [6, 6.07) is 9.40. The number of rotatable bonds is 4. The summed E-state index contributed by atoms with van der Waals surface area (Å²) in [4.78, 5) is 0. The molecule has 1 aliphatic rings. The van der Waals surface area contributed by atoms with Crippen LogP contribution in [0, 0.1) is 0 Å². The molecule has 2 nitrogen and oxygen atoms in total. The molecule has 0 spiro atoms. The highest BCUT2D eigenvalue weighted by molar-refractivity contribution is 5.55. The van der Waals surface area contributed by atoms with E-state index in [0.717, 1.165) is 19.0 Å². The summed E-state index contributed by atoms with van der Waals surface area (Å²) < 4.78 is 2.19. The van der Waals surface area contributed by atoms with Crippen LogP contribution in [0.5, 0.6) is 0 Å². The second-order valence-corrected chi connectivity index (χ2v) is 4.31. The van der Waals surface area contributed by atoms with E-state index in [1.165, 1.54) is 23.9 Å². The molecule has 1 fully saturated rings. The predicted molar refractivity (Wildman–Crippen MR) is 62.1 cm³/mol. The Morgan fingerprint density at radius 3 is 3.00 bits per heavy atom. The number of pyridine rings is 1. The van der Waals surface area contributed by atoms with Gasteiger partial charge in [-0.05, 0) is 49.6 Å². The number of nitrogens with one attached hydrogen (secondary N) is 1. The lowest BCUT2D eigenvalue weighted by atomic mass is 10.2. The molecule has 1 N–H and O–H groups in total. The van der Waals surface area contributed by atoms with Crippen molar-refractivity contribution < 1.29 is 0 Å². The van der Waals surface area contributed by atoms with E-state index in [-0.39, 0.29) is 0 Å². The Bertz CT molecular complexity index is 454. The van der Waals surface area contributed by atoms with Gasteiger partial charge in [-0.15, -0.1) is 0 Å². The lowest BCUT2D eigenvalue weighted by Crippen LogP contribution is -2.19.